The number of halogens is 1. The van der Waals surface area contributed by atoms with E-state index in [0.29, 0.717) is 6.54 Å². The summed E-state index contributed by atoms with van der Waals surface area (Å²) in [5.41, 5.74) is 12.7. The van der Waals surface area contributed by atoms with Gasteiger partial charge in [0.2, 0.25) is 0 Å². The van der Waals surface area contributed by atoms with Crippen molar-refractivity contribution in [1.82, 2.24) is 9.97 Å². The van der Waals surface area contributed by atoms with E-state index in [1.54, 1.807) is 0 Å². The van der Waals surface area contributed by atoms with Gasteiger partial charge in [0.25, 0.3) is 0 Å². The second kappa shape index (κ2) is 5.99. The van der Waals surface area contributed by atoms with Crippen molar-refractivity contribution in [3.05, 3.63) is 52.5 Å². The smallest absolute Gasteiger partial charge is 0.150 e. The van der Waals surface area contributed by atoms with Gasteiger partial charge < -0.3 is 10.6 Å². The van der Waals surface area contributed by atoms with Crippen LogP contribution in [0, 0.1) is 12.3 Å². The third-order valence-electron chi connectivity index (χ3n) is 6.33. The Hall–Kier alpha value is -1.54. The number of rotatable bonds is 1. The lowest BCUT2D eigenvalue weighted by Gasteiger charge is -2.43. The molecule has 0 radical (unpaired) electrons. The van der Waals surface area contributed by atoms with E-state index in [-0.39, 0.29) is 11.5 Å². The molecule has 1 fully saturated rings. The van der Waals surface area contributed by atoms with Crippen LogP contribution in [-0.2, 0) is 13.0 Å². The van der Waals surface area contributed by atoms with Crippen molar-refractivity contribution in [2.24, 2.45) is 16.1 Å². The zero-order valence-electron chi connectivity index (χ0n) is 14.9. The number of nitrogens with zero attached hydrogens (tertiary/aromatic N) is 4. The Morgan fingerprint density at radius 2 is 1.96 bits per heavy atom. The number of aliphatic imine (C=N–C) groups is 1. The lowest BCUT2D eigenvalue weighted by atomic mass is 9.73. The van der Waals surface area contributed by atoms with E-state index in [9.17, 15) is 0 Å². The zero-order chi connectivity index (χ0) is 17.9. The molecule has 3 aliphatic rings. The van der Waals surface area contributed by atoms with Crippen molar-refractivity contribution in [3.63, 3.8) is 0 Å². The van der Waals surface area contributed by atoms with Gasteiger partial charge in [-0.2, -0.15) is 0 Å². The minimum absolute atomic E-state index is 0.156. The van der Waals surface area contributed by atoms with E-state index >= 15 is 0 Å². The van der Waals surface area contributed by atoms with Crippen LogP contribution in [0.5, 0.6) is 0 Å². The van der Waals surface area contributed by atoms with E-state index in [2.05, 4.69) is 63.7 Å². The predicted octanol–water partition coefficient (Wildman–Crippen LogP) is 3.32. The summed E-state index contributed by atoms with van der Waals surface area (Å²) < 4.78 is 0.979. The molecular formula is C20H22IN5. The van der Waals surface area contributed by atoms with Crippen LogP contribution in [0.2, 0.25) is 0 Å². The molecule has 134 valence electrons. The van der Waals surface area contributed by atoms with Crippen LogP contribution < -0.4 is 10.6 Å². The van der Waals surface area contributed by atoms with Gasteiger partial charge in [-0.3, -0.25) is 4.99 Å². The highest BCUT2D eigenvalue weighted by Gasteiger charge is 2.46. The third-order valence-corrected chi connectivity index (χ3v) is 7.18. The number of fused-ring (bicyclic) bond motifs is 2. The van der Waals surface area contributed by atoms with Gasteiger partial charge in [0.05, 0.1) is 17.9 Å². The summed E-state index contributed by atoms with van der Waals surface area (Å²) in [6.07, 6.45) is 3.32. The molecule has 1 atom stereocenters. The first-order chi connectivity index (χ1) is 12.6. The normalized spacial score (nSPS) is 23.1. The quantitative estimate of drug-likeness (QED) is 0.665. The Labute approximate surface area is 167 Å². The zero-order valence-corrected chi connectivity index (χ0v) is 17.0. The van der Waals surface area contributed by atoms with Gasteiger partial charge in [0.1, 0.15) is 15.2 Å². The third kappa shape index (κ3) is 2.41. The minimum atomic E-state index is 0.156. The summed E-state index contributed by atoms with van der Waals surface area (Å²) in [5, 5.41) is 0. The number of benzene rings is 1. The maximum atomic E-state index is 6.70. The summed E-state index contributed by atoms with van der Waals surface area (Å²) in [4.78, 5) is 16.6. The molecule has 1 saturated heterocycles. The van der Waals surface area contributed by atoms with Crippen molar-refractivity contribution in [2.75, 3.05) is 18.0 Å². The molecule has 0 amide bonds. The van der Waals surface area contributed by atoms with Crippen LogP contribution in [-0.4, -0.2) is 26.8 Å². The second-order valence-electron chi connectivity index (χ2n) is 7.74. The molecular weight excluding hydrogens is 437 g/mol. The van der Waals surface area contributed by atoms with Gasteiger partial charge in [-0.15, -0.1) is 0 Å². The van der Waals surface area contributed by atoms with Gasteiger partial charge >= 0.3 is 0 Å². The molecule has 6 heteroatoms. The fourth-order valence-corrected chi connectivity index (χ4v) is 5.41. The van der Waals surface area contributed by atoms with Crippen molar-refractivity contribution in [1.29, 1.82) is 0 Å². The maximum absolute atomic E-state index is 6.70. The highest BCUT2D eigenvalue weighted by atomic mass is 127. The first kappa shape index (κ1) is 16.6. The van der Waals surface area contributed by atoms with E-state index in [1.807, 2.05) is 0 Å². The highest BCUT2D eigenvalue weighted by molar-refractivity contribution is 14.1. The van der Waals surface area contributed by atoms with E-state index in [0.717, 1.165) is 59.0 Å². The maximum Gasteiger partial charge on any atom is 0.150 e. The van der Waals surface area contributed by atoms with Gasteiger partial charge in [-0.05, 0) is 65.3 Å². The average molecular weight is 459 g/mol. The van der Waals surface area contributed by atoms with E-state index < -0.39 is 0 Å². The topological polar surface area (TPSA) is 67.4 Å². The van der Waals surface area contributed by atoms with Gasteiger partial charge in [0, 0.05) is 19.1 Å². The van der Waals surface area contributed by atoms with Crippen molar-refractivity contribution < 1.29 is 0 Å². The monoisotopic (exact) mass is 459 g/mol. The van der Waals surface area contributed by atoms with Crippen LogP contribution >= 0.6 is 22.6 Å². The molecule has 26 heavy (non-hydrogen) atoms. The highest BCUT2D eigenvalue weighted by Crippen LogP contribution is 2.51. The lowest BCUT2D eigenvalue weighted by Crippen LogP contribution is -2.45. The molecule has 2 aliphatic heterocycles. The first-order valence-electron chi connectivity index (χ1n) is 9.24. The number of hydrogen-bond acceptors (Lipinski definition) is 5. The summed E-state index contributed by atoms with van der Waals surface area (Å²) in [7, 11) is 0. The standard InChI is InChI=1S/C20H22IN5/c1-12-19(25-15-11-23-18(21)16(15)24-12)26-8-6-20(7-9-26)10-13-4-2-3-5-14(13)17(20)22/h2-5,17H,6-11,22H2,1H3/t17-/m1/s1. The van der Waals surface area contributed by atoms with E-state index in [4.69, 9.17) is 15.7 Å². The van der Waals surface area contributed by atoms with Crippen LogP contribution in [0.1, 0.15) is 47.1 Å². The summed E-state index contributed by atoms with van der Waals surface area (Å²) in [5.74, 6) is 1.03. The number of anilines is 1. The Morgan fingerprint density at radius 3 is 2.73 bits per heavy atom. The molecule has 2 N–H and O–H groups in total. The largest absolute Gasteiger partial charge is 0.355 e. The molecule has 1 spiro atoms. The van der Waals surface area contributed by atoms with Gasteiger partial charge in [-0.1, -0.05) is 24.3 Å². The molecule has 5 rings (SSSR count). The Balaban J connectivity index is 1.38. The summed E-state index contributed by atoms with van der Waals surface area (Å²) >= 11 is 2.25. The minimum Gasteiger partial charge on any atom is -0.355 e. The number of hydrogen-bond donors (Lipinski definition) is 1. The average Bonchev–Trinajstić information content (AvgIpc) is 3.14. The molecule has 1 aliphatic carbocycles. The molecule has 0 unspecified atom stereocenters. The SMILES string of the molecule is Cc1nc2c(nc1N1CCC3(CC1)Cc1ccccc1[C@H]3N)CN=C2I. The molecule has 0 bridgehead atoms. The fourth-order valence-electron chi connectivity index (χ4n) is 4.81. The van der Waals surface area contributed by atoms with E-state index in [1.165, 1.54) is 11.1 Å². The molecule has 5 nitrogen and oxygen atoms in total. The van der Waals surface area contributed by atoms with Gasteiger partial charge in [0.15, 0.2) is 0 Å². The molecule has 3 heterocycles. The fraction of sp³-hybridized carbons (Fsp3) is 0.450. The summed E-state index contributed by atoms with van der Waals surface area (Å²) in [6.45, 7) is 4.71. The molecule has 0 saturated carbocycles. The predicted molar refractivity (Wildman–Crippen MR) is 112 cm³/mol. The Bertz CT molecular complexity index is 914. The van der Waals surface area contributed by atoms with Crippen LogP contribution in [0.3, 0.4) is 0 Å². The number of nitrogens with two attached hydrogens (primary N) is 1. The Kier molecular flexibility index (Phi) is 3.83. The molecule has 2 aromatic rings. The Morgan fingerprint density at radius 1 is 1.19 bits per heavy atom. The number of aryl methyl sites for hydroxylation is 1. The van der Waals surface area contributed by atoms with Crippen molar-refractivity contribution in [2.45, 2.75) is 38.8 Å². The summed E-state index contributed by atoms with van der Waals surface area (Å²) in [6, 6.07) is 8.85. The van der Waals surface area contributed by atoms with Crippen LogP contribution in [0.15, 0.2) is 29.3 Å². The van der Waals surface area contributed by atoms with Crippen molar-refractivity contribution >= 4 is 32.1 Å². The second-order valence-corrected chi connectivity index (χ2v) is 8.76. The number of piperidine rings is 1. The lowest BCUT2D eigenvalue weighted by molar-refractivity contribution is 0.187. The van der Waals surface area contributed by atoms with Gasteiger partial charge in [-0.25, -0.2) is 9.97 Å². The van der Waals surface area contributed by atoms with Crippen molar-refractivity contribution in [3.8, 4) is 0 Å². The molecule has 1 aromatic heterocycles. The van der Waals surface area contributed by atoms with Crippen LogP contribution in [0.25, 0.3) is 0 Å². The number of aromatic nitrogens is 2. The van der Waals surface area contributed by atoms with Crippen LogP contribution in [0.4, 0.5) is 5.82 Å². The first-order valence-corrected chi connectivity index (χ1v) is 10.3. The molecule has 1 aromatic carbocycles.